The van der Waals surface area contributed by atoms with E-state index in [1.807, 2.05) is 19.1 Å². The van der Waals surface area contributed by atoms with Crippen molar-refractivity contribution in [3.63, 3.8) is 0 Å². The molecule has 1 aromatic carbocycles. The summed E-state index contributed by atoms with van der Waals surface area (Å²) in [6.45, 7) is 14.0. The molecule has 34 heavy (non-hydrogen) atoms. The van der Waals surface area contributed by atoms with Crippen molar-refractivity contribution in [3.8, 4) is 0 Å². The molecule has 1 saturated heterocycles. The maximum absolute atomic E-state index is 13.2. The minimum atomic E-state index is -0.815. The zero-order valence-corrected chi connectivity index (χ0v) is 21.2. The fourth-order valence-corrected chi connectivity index (χ4v) is 6.52. The maximum Gasteiger partial charge on any atom is 0.303 e. The SMILES string of the molecule is CC(=O)O[C@@H]1C[C@@]2(O)[C@H](C)CC[C@@H]([C@H](C)CN3CCN(Cc4ccc(F)cc4)CC3)[C@H]2C=C1C. The van der Waals surface area contributed by atoms with Crippen molar-refractivity contribution in [1.29, 1.82) is 0 Å². The standard InChI is InChI=1S/C28H41FN2O3/c1-19-15-26-25(10-5-21(3)28(26,33)16-27(19)34-22(4)32)20(2)17-30-11-13-31(14-12-30)18-23-6-8-24(29)9-7-23/h6-9,15,20-21,25-27,33H,5,10-14,16-18H2,1-4H3/t20-,21-,25+,26-,27-,28-/m1/s1. The number of carbonyl (C=O) groups excluding carboxylic acids is 1. The molecule has 5 nitrogen and oxygen atoms in total. The van der Waals surface area contributed by atoms with E-state index in [-0.39, 0.29) is 29.7 Å². The lowest BCUT2D eigenvalue weighted by Gasteiger charge is -2.53. The molecule has 1 saturated carbocycles. The highest BCUT2D eigenvalue weighted by atomic mass is 19.1. The van der Waals surface area contributed by atoms with Crippen LogP contribution in [0.2, 0.25) is 0 Å². The Hall–Kier alpha value is -1.76. The second kappa shape index (κ2) is 10.5. The lowest BCUT2D eigenvalue weighted by Crippen LogP contribution is -2.56. The molecule has 3 aliphatic rings. The van der Waals surface area contributed by atoms with Gasteiger partial charge in [-0.3, -0.25) is 9.69 Å². The molecule has 0 aromatic heterocycles. The Morgan fingerprint density at radius 2 is 1.82 bits per heavy atom. The summed E-state index contributed by atoms with van der Waals surface area (Å²) in [4.78, 5) is 16.6. The number of halogens is 1. The second-order valence-electron chi connectivity index (χ2n) is 11.1. The average molecular weight is 473 g/mol. The fraction of sp³-hybridized carbons (Fsp3) is 0.679. The van der Waals surface area contributed by atoms with Gasteiger partial charge in [0.05, 0.1) is 5.60 Å². The molecular weight excluding hydrogens is 431 g/mol. The van der Waals surface area contributed by atoms with Gasteiger partial charge < -0.3 is 14.7 Å². The second-order valence-corrected chi connectivity index (χ2v) is 11.1. The third-order valence-corrected chi connectivity index (χ3v) is 8.66. The Balaban J connectivity index is 1.35. The predicted octanol–water partition coefficient (Wildman–Crippen LogP) is 4.25. The number of carbonyl (C=O) groups is 1. The van der Waals surface area contributed by atoms with Crippen molar-refractivity contribution < 1.29 is 19.0 Å². The van der Waals surface area contributed by atoms with Gasteiger partial charge in [0.15, 0.2) is 0 Å². The van der Waals surface area contributed by atoms with Gasteiger partial charge in [-0.2, -0.15) is 0 Å². The first-order valence-corrected chi connectivity index (χ1v) is 12.9. The van der Waals surface area contributed by atoms with Crippen LogP contribution in [0.15, 0.2) is 35.9 Å². The summed E-state index contributed by atoms with van der Waals surface area (Å²) >= 11 is 0. The average Bonchev–Trinajstić information content (AvgIpc) is 2.78. The summed E-state index contributed by atoms with van der Waals surface area (Å²) < 4.78 is 18.7. The molecule has 4 rings (SSSR count). The molecule has 6 heteroatoms. The van der Waals surface area contributed by atoms with E-state index >= 15 is 0 Å². The molecule has 0 amide bonds. The monoisotopic (exact) mass is 472 g/mol. The van der Waals surface area contributed by atoms with Crippen LogP contribution >= 0.6 is 0 Å². The molecule has 188 valence electrons. The third-order valence-electron chi connectivity index (χ3n) is 8.66. The van der Waals surface area contributed by atoms with Crippen LogP contribution in [0, 0.1) is 29.5 Å². The highest BCUT2D eigenvalue weighted by molar-refractivity contribution is 5.66. The molecule has 0 radical (unpaired) electrons. The summed E-state index contributed by atoms with van der Waals surface area (Å²) in [6, 6.07) is 6.83. The number of rotatable bonds is 6. The number of aliphatic hydroxyl groups is 1. The van der Waals surface area contributed by atoms with Crippen molar-refractivity contribution in [1.82, 2.24) is 9.80 Å². The molecule has 1 N–H and O–H groups in total. The maximum atomic E-state index is 13.2. The van der Waals surface area contributed by atoms with E-state index in [0.717, 1.165) is 63.2 Å². The first kappa shape index (κ1) is 25.3. The molecule has 1 aliphatic heterocycles. The number of nitrogens with zero attached hydrogens (tertiary/aromatic N) is 2. The third kappa shape index (κ3) is 5.55. The van der Waals surface area contributed by atoms with Crippen LogP contribution < -0.4 is 0 Å². The van der Waals surface area contributed by atoms with Crippen LogP contribution in [0.4, 0.5) is 4.39 Å². The van der Waals surface area contributed by atoms with E-state index in [1.165, 1.54) is 19.1 Å². The summed E-state index contributed by atoms with van der Waals surface area (Å²) in [5.74, 6) is 0.730. The van der Waals surface area contributed by atoms with Gasteiger partial charge in [0.1, 0.15) is 11.9 Å². The van der Waals surface area contributed by atoms with Crippen molar-refractivity contribution in [2.24, 2.45) is 23.7 Å². The lowest BCUT2D eigenvalue weighted by molar-refractivity contribution is -0.159. The first-order valence-electron chi connectivity index (χ1n) is 12.9. The molecule has 0 bridgehead atoms. The lowest BCUT2D eigenvalue weighted by atomic mass is 9.57. The summed E-state index contributed by atoms with van der Waals surface area (Å²) in [7, 11) is 0. The van der Waals surface area contributed by atoms with Crippen molar-refractivity contribution in [2.45, 2.75) is 65.2 Å². The highest BCUT2D eigenvalue weighted by Crippen LogP contribution is 2.51. The number of piperazine rings is 1. The minimum absolute atomic E-state index is 0.109. The van der Waals surface area contributed by atoms with Crippen LogP contribution in [0.5, 0.6) is 0 Å². The Labute approximate surface area is 204 Å². The van der Waals surface area contributed by atoms with E-state index in [1.54, 1.807) is 0 Å². The Bertz CT molecular complexity index is 880. The van der Waals surface area contributed by atoms with Crippen molar-refractivity contribution >= 4 is 5.97 Å². The highest BCUT2D eigenvalue weighted by Gasteiger charge is 2.52. The van der Waals surface area contributed by atoms with E-state index in [9.17, 15) is 14.3 Å². The summed E-state index contributed by atoms with van der Waals surface area (Å²) in [5, 5.41) is 11.8. The van der Waals surface area contributed by atoms with E-state index < -0.39 is 5.60 Å². The van der Waals surface area contributed by atoms with Crippen molar-refractivity contribution in [2.75, 3.05) is 32.7 Å². The Morgan fingerprint density at radius 3 is 2.47 bits per heavy atom. The van der Waals surface area contributed by atoms with Gasteiger partial charge in [0, 0.05) is 58.5 Å². The van der Waals surface area contributed by atoms with Crippen LogP contribution in [0.1, 0.15) is 52.5 Å². The predicted molar refractivity (Wildman–Crippen MR) is 132 cm³/mol. The number of hydrogen-bond donors (Lipinski definition) is 1. The largest absolute Gasteiger partial charge is 0.458 e. The molecule has 0 spiro atoms. The van der Waals surface area contributed by atoms with Crippen molar-refractivity contribution in [3.05, 3.63) is 47.3 Å². The van der Waals surface area contributed by atoms with Crippen LogP contribution in [-0.4, -0.2) is 65.3 Å². The summed E-state index contributed by atoms with van der Waals surface area (Å²) in [5.41, 5.74) is 1.42. The molecule has 1 heterocycles. The molecule has 6 atom stereocenters. The van der Waals surface area contributed by atoms with Gasteiger partial charge in [-0.25, -0.2) is 4.39 Å². The van der Waals surface area contributed by atoms with Gasteiger partial charge in [0.2, 0.25) is 0 Å². The van der Waals surface area contributed by atoms with Gasteiger partial charge in [-0.15, -0.1) is 0 Å². The first-order chi connectivity index (χ1) is 16.2. The minimum Gasteiger partial charge on any atom is -0.458 e. The number of esters is 1. The van der Waals surface area contributed by atoms with Crippen LogP contribution in [0.25, 0.3) is 0 Å². The number of benzene rings is 1. The van der Waals surface area contributed by atoms with Crippen LogP contribution in [0.3, 0.4) is 0 Å². The molecule has 2 fully saturated rings. The normalized spacial score (nSPS) is 33.6. The van der Waals surface area contributed by atoms with E-state index in [0.29, 0.717) is 18.3 Å². The molecule has 2 aliphatic carbocycles. The van der Waals surface area contributed by atoms with Gasteiger partial charge >= 0.3 is 5.97 Å². The Kier molecular flexibility index (Phi) is 7.80. The fourth-order valence-electron chi connectivity index (χ4n) is 6.52. The number of hydrogen-bond acceptors (Lipinski definition) is 5. The van der Waals surface area contributed by atoms with Gasteiger partial charge in [-0.1, -0.05) is 32.1 Å². The zero-order chi connectivity index (χ0) is 24.5. The summed E-state index contributed by atoms with van der Waals surface area (Å²) in [6.07, 6.45) is 4.54. The van der Waals surface area contributed by atoms with Gasteiger partial charge in [-0.05, 0) is 60.8 Å². The van der Waals surface area contributed by atoms with E-state index in [4.69, 9.17) is 4.74 Å². The molecule has 1 aromatic rings. The zero-order valence-electron chi connectivity index (χ0n) is 21.2. The number of fused-ring (bicyclic) bond motifs is 1. The molecular formula is C28H41FN2O3. The number of ether oxygens (including phenoxy) is 1. The smallest absolute Gasteiger partial charge is 0.303 e. The van der Waals surface area contributed by atoms with E-state index in [2.05, 4.69) is 29.7 Å². The van der Waals surface area contributed by atoms with Gasteiger partial charge in [0.25, 0.3) is 0 Å². The van der Waals surface area contributed by atoms with Crippen LogP contribution in [-0.2, 0) is 16.1 Å². The topological polar surface area (TPSA) is 53.0 Å². The Morgan fingerprint density at radius 1 is 1.18 bits per heavy atom. The molecule has 0 unspecified atom stereocenters. The quantitative estimate of drug-likeness (QED) is 0.495.